The van der Waals surface area contributed by atoms with Crippen LogP contribution in [0.25, 0.3) is 11.3 Å². The number of fused-ring (bicyclic) bond motifs is 1. The van der Waals surface area contributed by atoms with Crippen molar-refractivity contribution in [1.29, 1.82) is 0 Å². The van der Waals surface area contributed by atoms with E-state index in [4.69, 9.17) is 18.6 Å². The molecular formula is C23H23NO5. The topological polar surface area (TPSA) is 61.1 Å². The van der Waals surface area contributed by atoms with Crippen molar-refractivity contribution >= 4 is 5.91 Å². The third-order valence-corrected chi connectivity index (χ3v) is 4.90. The van der Waals surface area contributed by atoms with E-state index in [0.717, 1.165) is 39.9 Å². The van der Waals surface area contributed by atoms with Gasteiger partial charge in [0.25, 0.3) is 0 Å². The molecule has 3 aromatic rings. The zero-order chi connectivity index (χ0) is 20.2. The third kappa shape index (κ3) is 4.37. The lowest BCUT2D eigenvalue weighted by Crippen LogP contribution is -2.26. The van der Waals surface area contributed by atoms with E-state index in [-0.39, 0.29) is 12.7 Å². The molecule has 0 fully saturated rings. The molecule has 4 rings (SSSR count). The van der Waals surface area contributed by atoms with E-state index in [2.05, 4.69) is 0 Å². The highest BCUT2D eigenvalue weighted by Gasteiger charge is 2.16. The van der Waals surface area contributed by atoms with E-state index in [9.17, 15) is 4.79 Å². The fourth-order valence-electron chi connectivity index (χ4n) is 3.25. The standard InChI is InChI=1S/C23H23NO5/c1-24(14-16-3-10-21-22(13-16)28-15-27-21)23(25)12-9-19-8-11-20(29-19)17-4-6-18(26-2)7-5-17/h3-8,10-11,13H,9,12,14-15H2,1-2H3. The van der Waals surface area contributed by atoms with Crippen LogP contribution in [0.2, 0.25) is 0 Å². The Bertz CT molecular complexity index is 993. The van der Waals surface area contributed by atoms with E-state index < -0.39 is 0 Å². The Labute approximate surface area is 169 Å². The molecule has 1 aliphatic rings. The van der Waals surface area contributed by atoms with Gasteiger partial charge in [-0.3, -0.25) is 4.79 Å². The Balaban J connectivity index is 1.31. The van der Waals surface area contributed by atoms with Gasteiger partial charge >= 0.3 is 0 Å². The summed E-state index contributed by atoms with van der Waals surface area (Å²) in [6.07, 6.45) is 0.942. The zero-order valence-electron chi connectivity index (χ0n) is 16.5. The van der Waals surface area contributed by atoms with Crippen LogP contribution in [0.3, 0.4) is 0 Å². The molecule has 0 saturated carbocycles. The number of carbonyl (C=O) groups is 1. The number of ether oxygens (including phenoxy) is 3. The van der Waals surface area contributed by atoms with Crippen molar-refractivity contribution in [3.05, 3.63) is 65.9 Å². The molecule has 0 bridgehead atoms. The maximum Gasteiger partial charge on any atom is 0.231 e. The molecule has 0 saturated heterocycles. The molecule has 1 aromatic heterocycles. The lowest BCUT2D eigenvalue weighted by molar-refractivity contribution is -0.130. The van der Waals surface area contributed by atoms with Gasteiger partial charge in [-0.05, 0) is 54.1 Å². The number of methoxy groups -OCH3 is 1. The Morgan fingerprint density at radius 2 is 1.83 bits per heavy atom. The number of rotatable bonds is 7. The van der Waals surface area contributed by atoms with Gasteiger partial charge < -0.3 is 23.5 Å². The van der Waals surface area contributed by atoms with Crippen molar-refractivity contribution < 1.29 is 23.4 Å². The van der Waals surface area contributed by atoms with Gasteiger partial charge in [-0.1, -0.05) is 6.07 Å². The van der Waals surface area contributed by atoms with Gasteiger partial charge in [-0.2, -0.15) is 0 Å². The zero-order valence-corrected chi connectivity index (χ0v) is 16.5. The fraction of sp³-hybridized carbons (Fsp3) is 0.261. The minimum atomic E-state index is 0.0602. The molecule has 0 unspecified atom stereocenters. The highest BCUT2D eigenvalue weighted by Crippen LogP contribution is 2.32. The van der Waals surface area contributed by atoms with Crippen molar-refractivity contribution in [2.45, 2.75) is 19.4 Å². The molecule has 0 N–H and O–H groups in total. The molecule has 150 valence electrons. The molecule has 0 atom stereocenters. The Morgan fingerprint density at radius 1 is 1.03 bits per heavy atom. The van der Waals surface area contributed by atoms with Gasteiger partial charge in [0.2, 0.25) is 12.7 Å². The smallest absolute Gasteiger partial charge is 0.231 e. The highest BCUT2D eigenvalue weighted by molar-refractivity contribution is 5.76. The Hall–Kier alpha value is -3.41. The number of benzene rings is 2. The van der Waals surface area contributed by atoms with Crippen LogP contribution in [-0.4, -0.2) is 31.8 Å². The van der Waals surface area contributed by atoms with Crippen molar-refractivity contribution in [3.63, 3.8) is 0 Å². The largest absolute Gasteiger partial charge is 0.497 e. The van der Waals surface area contributed by atoms with Crippen LogP contribution in [0.5, 0.6) is 17.2 Å². The fourth-order valence-corrected chi connectivity index (χ4v) is 3.25. The maximum atomic E-state index is 12.5. The van der Waals surface area contributed by atoms with E-state index >= 15 is 0 Å². The first-order chi connectivity index (χ1) is 14.1. The Morgan fingerprint density at radius 3 is 2.62 bits per heavy atom. The van der Waals surface area contributed by atoms with Gasteiger partial charge in [-0.25, -0.2) is 0 Å². The minimum Gasteiger partial charge on any atom is -0.497 e. The quantitative estimate of drug-likeness (QED) is 0.600. The van der Waals surface area contributed by atoms with Crippen molar-refractivity contribution in [3.8, 4) is 28.6 Å². The average Bonchev–Trinajstić information content (AvgIpc) is 3.41. The first-order valence-corrected chi connectivity index (χ1v) is 9.48. The van der Waals surface area contributed by atoms with Gasteiger partial charge in [0.15, 0.2) is 11.5 Å². The second-order valence-corrected chi connectivity index (χ2v) is 6.93. The third-order valence-electron chi connectivity index (χ3n) is 4.90. The average molecular weight is 393 g/mol. The monoisotopic (exact) mass is 393 g/mol. The number of aryl methyl sites for hydroxylation is 1. The SMILES string of the molecule is COc1ccc(-c2ccc(CCC(=O)N(C)Cc3ccc4c(c3)OCO4)o2)cc1. The van der Waals surface area contributed by atoms with E-state index in [1.165, 1.54) is 0 Å². The first-order valence-electron chi connectivity index (χ1n) is 9.48. The highest BCUT2D eigenvalue weighted by atomic mass is 16.7. The van der Waals surface area contributed by atoms with Crippen LogP contribution < -0.4 is 14.2 Å². The molecule has 2 aromatic carbocycles. The van der Waals surface area contributed by atoms with Crippen LogP contribution in [0.15, 0.2) is 59.0 Å². The number of nitrogens with zero attached hydrogens (tertiary/aromatic N) is 1. The summed E-state index contributed by atoms with van der Waals surface area (Å²) in [7, 11) is 3.44. The van der Waals surface area contributed by atoms with Crippen molar-refractivity contribution in [1.82, 2.24) is 4.90 Å². The van der Waals surface area contributed by atoms with Crippen molar-refractivity contribution in [2.24, 2.45) is 0 Å². The van der Waals surface area contributed by atoms with Gasteiger partial charge in [0, 0.05) is 32.0 Å². The maximum absolute atomic E-state index is 12.5. The summed E-state index contributed by atoms with van der Waals surface area (Å²) in [5.41, 5.74) is 1.98. The summed E-state index contributed by atoms with van der Waals surface area (Å²) in [6.45, 7) is 0.764. The predicted octanol–water partition coefficient (Wildman–Crippen LogP) is 4.28. The molecule has 0 aliphatic carbocycles. The summed E-state index contributed by atoms with van der Waals surface area (Å²) in [5, 5.41) is 0. The summed E-state index contributed by atoms with van der Waals surface area (Å²) < 4.78 is 21.8. The molecule has 0 radical (unpaired) electrons. The Kier molecular flexibility index (Phi) is 5.42. The molecular weight excluding hydrogens is 370 g/mol. The first kappa shape index (κ1) is 18.9. The molecule has 0 spiro atoms. The summed E-state index contributed by atoms with van der Waals surface area (Å²) in [6, 6.07) is 17.3. The van der Waals surface area contributed by atoms with Crippen molar-refractivity contribution in [2.75, 3.05) is 21.0 Å². The summed E-state index contributed by atoms with van der Waals surface area (Å²) >= 11 is 0. The molecule has 2 heterocycles. The second-order valence-electron chi connectivity index (χ2n) is 6.93. The summed E-state index contributed by atoms with van der Waals surface area (Å²) in [4.78, 5) is 14.2. The predicted molar refractivity (Wildman–Crippen MR) is 108 cm³/mol. The van der Waals surface area contributed by atoms with E-state index in [0.29, 0.717) is 19.4 Å². The normalized spacial score (nSPS) is 12.1. The molecule has 6 heteroatoms. The number of hydrogen-bond donors (Lipinski definition) is 0. The number of carbonyl (C=O) groups excluding carboxylic acids is 1. The molecule has 1 amide bonds. The van der Waals surface area contributed by atoms with Crippen LogP contribution in [0.1, 0.15) is 17.7 Å². The minimum absolute atomic E-state index is 0.0602. The number of hydrogen-bond acceptors (Lipinski definition) is 5. The molecule has 29 heavy (non-hydrogen) atoms. The molecule has 6 nitrogen and oxygen atoms in total. The molecule has 1 aliphatic heterocycles. The van der Waals surface area contributed by atoms with E-state index in [1.807, 2.05) is 54.6 Å². The van der Waals surface area contributed by atoms with Gasteiger partial charge in [-0.15, -0.1) is 0 Å². The van der Waals surface area contributed by atoms with Gasteiger partial charge in [0.1, 0.15) is 17.3 Å². The van der Waals surface area contributed by atoms with Crippen LogP contribution in [0.4, 0.5) is 0 Å². The van der Waals surface area contributed by atoms with Gasteiger partial charge in [0.05, 0.1) is 7.11 Å². The second kappa shape index (κ2) is 8.31. The number of amides is 1. The van der Waals surface area contributed by atoms with Crippen LogP contribution >= 0.6 is 0 Å². The van der Waals surface area contributed by atoms with Crippen LogP contribution in [-0.2, 0) is 17.8 Å². The number of furan rings is 1. The lowest BCUT2D eigenvalue weighted by atomic mass is 10.1. The van der Waals surface area contributed by atoms with E-state index in [1.54, 1.807) is 19.1 Å². The van der Waals surface area contributed by atoms with Crippen LogP contribution in [0, 0.1) is 0 Å². The lowest BCUT2D eigenvalue weighted by Gasteiger charge is -2.17. The summed E-state index contributed by atoms with van der Waals surface area (Å²) in [5.74, 6) is 3.91.